The maximum atomic E-state index is 12.8. The number of rotatable bonds is 5. The summed E-state index contributed by atoms with van der Waals surface area (Å²) in [6.45, 7) is -0.815. The number of sulfonamides is 1. The Morgan fingerprint density at radius 3 is 2.59 bits per heavy atom. The molecule has 1 heterocycles. The molecular weight excluding hydrogens is 415 g/mol. The quantitative estimate of drug-likeness (QED) is 0.700. The average Bonchev–Trinajstić information content (AvgIpc) is 2.68. The van der Waals surface area contributed by atoms with E-state index in [-0.39, 0.29) is 6.61 Å². The minimum absolute atomic E-state index is 0.291. The molecule has 1 aliphatic rings. The summed E-state index contributed by atoms with van der Waals surface area (Å²) in [6, 6.07) is 9.50. The molecule has 0 bridgehead atoms. The topological polar surface area (TPSA) is 105 Å². The van der Waals surface area contributed by atoms with Crippen molar-refractivity contribution in [1.29, 1.82) is 0 Å². The number of nitrogens with zero attached hydrogens (tertiary/aromatic N) is 1. The van der Waals surface area contributed by atoms with Crippen molar-refractivity contribution in [2.45, 2.75) is 11.1 Å². The SMILES string of the molecule is O=C(CN1C(=O)COc2ccccc21)NNS(=O)(=O)c1cccc(C(F)(F)F)c1. The molecular formula is C17H14F3N3O5S. The van der Waals surface area contributed by atoms with Crippen LogP contribution in [0.5, 0.6) is 5.75 Å². The van der Waals surface area contributed by atoms with E-state index in [1.54, 1.807) is 29.1 Å². The summed E-state index contributed by atoms with van der Waals surface area (Å²) < 4.78 is 67.9. The van der Waals surface area contributed by atoms with Crippen LogP contribution in [0.3, 0.4) is 0 Å². The van der Waals surface area contributed by atoms with Crippen LogP contribution in [0.4, 0.5) is 18.9 Å². The lowest BCUT2D eigenvalue weighted by atomic mass is 10.2. The standard InChI is InChI=1S/C17H14F3N3O5S/c18-17(19,20)11-4-3-5-12(8-11)29(26,27)22-21-15(24)9-23-13-6-1-2-7-14(13)28-10-16(23)25/h1-8,22H,9-10H2,(H,21,24). The highest BCUT2D eigenvalue weighted by atomic mass is 32.2. The largest absolute Gasteiger partial charge is 0.482 e. The zero-order valence-corrected chi connectivity index (χ0v) is 15.4. The highest BCUT2D eigenvalue weighted by Gasteiger charge is 2.32. The molecule has 0 aliphatic carbocycles. The first-order valence-electron chi connectivity index (χ1n) is 8.08. The summed E-state index contributed by atoms with van der Waals surface area (Å²) in [6.07, 6.45) is -4.72. The Hall–Kier alpha value is -3.12. The van der Waals surface area contributed by atoms with Crippen LogP contribution in [0, 0.1) is 0 Å². The van der Waals surface area contributed by atoms with Gasteiger partial charge < -0.3 is 4.74 Å². The molecule has 0 atom stereocenters. The maximum absolute atomic E-state index is 12.8. The molecule has 8 nitrogen and oxygen atoms in total. The Balaban J connectivity index is 1.69. The van der Waals surface area contributed by atoms with Gasteiger partial charge in [0.05, 0.1) is 16.1 Å². The molecule has 154 valence electrons. The number of hydrogen-bond donors (Lipinski definition) is 2. The van der Waals surface area contributed by atoms with Crippen LogP contribution in [-0.4, -0.2) is 33.4 Å². The summed E-state index contributed by atoms with van der Waals surface area (Å²) in [5.74, 6) is -1.03. The molecule has 0 aromatic heterocycles. The van der Waals surface area contributed by atoms with Gasteiger partial charge in [-0.25, -0.2) is 8.42 Å². The summed E-state index contributed by atoms with van der Waals surface area (Å²) >= 11 is 0. The van der Waals surface area contributed by atoms with E-state index in [2.05, 4.69) is 0 Å². The molecule has 0 saturated carbocycles. The van der Waals surface area contributed by atoms with Gasteiger partial charge in [0.15, 0.2) is 6.61 Å². The molecule has 12 heteroatoms. The van der Waals surface area contributed by atoms with Crippen LogP contribution in [-0.2, 0) is 25.8 Å². The van der Waals surface area contributed by atoms with Crippen molar-refractivity contribution in [3.8, 4) is 5.75 Å². The molecule has 1 aliphatic heterocycles. The first kappa shape index (κ1) is 20.6. The van der Waals surface area contributed by atoms with E-state index >= 15 is 0 Å². The van der Waals surface area contributed by atoms with E-state index in [1.807, 2.05) is 5.43 Å². The van der Waals surface area contributed by atoms with Crippen molar-refractivity contribution < 1.29 is 35.9 Å². The van der Waals surface area contributed by atoms with Crippen molar-refractivity contribution in [1.82, 2.24) is 10.3 Å². The number of carbonyl (C=O) groups is 2. The van der Waals surface area contributed by atoms with Crippen molar-refractivity contribution >= 4 is 27.5 Å². The van der Waals surface area contributed by atoms with E-state index in [1.165, 1.54) is 0 Å². The predicted octanol–water partition coefficient (Wildman–Crippen LogP) is 1.44. The van der Waals surface area contributed by atoms with Crippen molar-refractivity contribution in [3.63, 3.8) is 0 Å². The van der Waals surface area contributed by atoms with Crippen LogP contribution in [0.1, 0.15) is 5.56 Å². The monoisotopic (exact) mass is 429 g/mol. The number of ether oxygens (including phenoxy) is 1. The minimum atomic E-state index is -4.72. The van der Waals surface area contributed by atoms with Crippen LogP contribution in [0.15, 0.2) is 53.4 Å². The molecule has 0 spiro atoms. The van der Waals surface area contributed by atoms with Gasteiger partial charge in [-0.15, -0.1) is 4.83 Å². The Labute approximate surface area is 163 Å². The zero-order chi connectivity index (χ0) is 21.2. The number of halogens is 3. The lowest BCUT2D eigenvalue weighted by Gasteiger charge is -2.28. The molecule has 0 fully saturated rings. The van der Waals surface area contributed by atoms with Crippen LogP contribution >= 0.6 is 0 Å². The summed E-state index contributed by atoms with van der Waals surface area (Å²) in [7, 11) is -4.46. The number of amides is 2. The molecule has 2 N–H and O–H groups in total. The van der Waals surface area contributed by atoms with Gasteiger partial charge in [-0.3, -0.25) is 19.9 Å². The van der Waals surface area contributed by atoms with Crippen LogP contribution < -0.4 is 19.9 Å². The fourth-order valence-corrected chi connectivity index (χ4v) is 3.44. The molecule has 0 saturated heterocycles. The lowest BCUT2D eigenvalue weighted by molar-refractivity contribution is -0.137. The second-order valence-electron chi connectivity index (χ2n) is 5.92. The third-order valence-electron chi connectivity index (χ3n) is 3.91. The molecule has 2 aromatic rings. The number of carbonyl (C=O) groups excluding carboxylic acids is 2. The molecule has 2 amide bonds. The third-order valence-corrected chi connectivity index (χ3v) is 5.15. The molecule has 29 heavy (non-hydrogen) atoms. The van der Waals surface area contributed by atoms with Gasteiger partial charge in [-0.05, 0) is 30.3 Å². The van der Waals surface area contributed by atoms with Gasteiger partial charge in [-0.1, -0.05) is 18.2 Å². The van der Waals surface area contributed by atoms with Gasteiger partial charge in [0.2, 0.25) is 0 Å². The Morgan fingerprint density at radius 2 is 1.86 bits per heavy atom. The van der Waals surface area contributed by atoms with Gasteiger partial charge in [0, 0.05) is 0 Å². The molecule has 0 unspecified atom stereocenters. The number of alkyl halides is 3. The zero-order valence-electron chi connectivity index (χ0n) is 14.6. The number of hydrazine groups is 1. The smallest absolute Gasteiger partial charge is 0.416 e. The molecule has 0 radical (unpaired) electrons. The van der Waals surface area contributed by atoms with Gasteiger partial charge in [0.25, 0.3) is 21.8 Å². The molecule has 3 rings (SSSR count). The van der Waals surface area contributed by atoms with Gasteiger partial charge in [-0.2, -0.15) is 13.2 Å². The van der Waals surface area contributed by atoms with E-state index in [0.29, 0.717) is 17.5 Å². The maximum Gasteiger partial charge on any atom is 0.416 e. The number of nitrogens with one attached hydrogen (secondary N) is 2. The highest BCUT2D eigenvalue weighted by Crippen LogP contribution is 2.31. The third kappa shape index (κ3) is 4.66. The van der Waals surface area contributed by atoms with Crippen LogP contribution in [0.2, 0.25) is 0 Å². The number of hydrogen-bond acceptors (Lipinski definition) is 5. The number of benzene rings is 2. The minimum Gasteiger partial charge on any atom is -0.482 e. The van der Waals surface area contributed by atoms with Gasteiger partial charge in [0.1, 0.15) is 12.3 Å². The Kier molecular flexibility index (Phi) is 5.48. The fraction of sp³-hybridized carbons (Fsp3) is 0.176. The summed E-state index contributed by atoms with van der Waals surface area (Å²) in [5.41, 5.74) is 1.07. The Morgan fingerprint density at radius 1 is 1.14 bits per heavy atom. The average molecular weight is 429 g/mol. The Bertz CT molecular complexity index is 1060. The van der Waals surface area contributed by atoms with Crippen molar-refractivity contribution in [2.24, 2.45) is 0 Å². The number of fused-ring (bicyclic) bond motifs is 1. The second-order valence-corrected chi connectivity index (χ2v) is 7.60. The summed E-state index contributed by atoms with van der Waals surface area (Å²) in [4.78, 5) is 26.3. The van der Waals surface area contributed by atoms with Crippen molar-refractivity contribution in [2.75, 3.05) is 18.1 Å². The predicted molar refractivity (Wildman–Crippen MR) is 94.2 cm³/mol. The van der Waals surface area contributed by atoms with E-state index in [4.69, 9.17) is 4.74 Å². The normalized spacial score (nSPS) is 14.2. The first-order valence-corrected chi connectivity index (χ1v) is 9.56. The second kappa shape index (κ2) is 7.72. The lowest BCUT2D eigenvalue weighted by Crippen LogP contribution is -2.49. The van der Waals surface area contributed by atoms with Crippen LogP contribution in [0.25, 0.3) is 0 Å². The summed E-state index contributed by atoms with van der Waals surface area (Å²) in [5, 5.41) is 0. The van der Waals surface area contributed by atoms with E-state index in [0.717, 1.165) is 23.1 Å². The van der Waals surface area contributed by atoms with Crippen molar-refractivity contribution in [3.05, 3.63) is 54.1 Å². The van der Waals surface area contributed by atoms with Gasteiger partial charge >= 0.3 is 6.18 Å². The van der Waals surface area contributed by atoms with E-state index < -0.39 is 45.0 Å². The van der Waals surface area contributed by atoms with E-state index in [9.17, 15) is 31.2 Å². The highest BCUT2D eigenvalue weighted by molar-refractivity contribution is 7.89. The fourth-order valence-electron chi connectivity index (χ4n) is 2.53. The first-order chi connectivity index (χ1) is 13.6. The number of anilines is 1. The molecule has 2 aromatic carbocycles. The number of para-hydroxylation sites is 2.